The van der Waals surface area contributed by atoms with Crippen LogP contribution in [0.3, 0.4) is 0 Å². The van der Waals surface area contributed by atoms with Crippen LogP contribution in [0, 0.1) is 11.7 Å². The molecule has 6 nitrogen and oxygen atoms in total. The largest absolute Gasteiger partial charge is 0.344 e. The Morgan fingerprint density at radius 2 is 1.79 bits per heavy atom. The lowest BCUT2D eigenvalue weighted by Crippen LogP contribution is -2.37. The number of hydrogen-bond donors (Lipinski definition) is 2. The summed E-state index contributed by atoms with van der Waals surface area (Å²) in [5.41, 5.74) is 3.05. The van der Waals surface area contributed by atoms with Crippen LogP contribution in [0.1, 0.15) is 30.4 Å². The molecular weight excluding hydrogens is 373 g/mol. The van der Waals surface area contributed by atoms with Crippen LogP contribution in [-0.2, 0) is 27.3 Å². The highest BCUT2D eigenvalue weighted by atomic mass is 19.1. The van der Waals surface area contributed by atoms with E-state index < -0.39 is 11.8 Å². The van der Waals surface area contributed by atoms with Gasteiger partial charge in [0.25, 0.3) is 0 Å². The lowest BCUT2D eigenvalue weighted by Gasteiger charge is -2.30. The molecule has 0 unspecified atom stereocenters. The van der Waals surface area contributed by atoms with Crippen LogP contribution in [0.2, 0.25) is 0 Å². The second-order valence-corrected chi connectivity index (χ2v) is 7.47. The summed E-state index contributed by atoms with van der Waals surface area (Å²) in [6.07, 6.45) is 3.68. The SMILES string of the molecule is O=C(NCc1ccc(F)cc1)C(=O)Nc1ccc2c(c1)N(C(=O)C1CC1)CCC2. The molecule has 4 rings (SSSR count). The Morgan fingerprint density at radius 3 is 2.52 bits per heavy atom. The van der Waals surface area contributed by atoms with Gasteiger partial charge in [0.05, 0.1) is 0 Å². The summed E-state index contributed by atoms with van der Waals surface area (Å²) in [5, 5.41) is 5.11. The van der Waals surface area contributed by atoms with Crippen molar-refractivity contribution in [2.24, 2.45) is 5.92 Å². The van der Waals surface area contributed by atoms with Gasteiger partial charge >= 0.3 is 11.8 Å². The van der Waals surface area contributed by atoms with E-state index in [0.29, 0.717) is 17.8 Å². The van der Waals surface area contributed by atoms with Crippen molar-refractivity contribution in [2.45, 2.75) is 32.2 Å². The number of nitrogens with one attached hydrogen (secondary N) is 2. The Bertz CT molecular complexity index is 954. The zero-order valence-electron chi connectivity index (χ0n) is 15.9. The van der Waals surface area contributed by atoms with E-state index in [9.17, 15) is 18.8 Å². The zero-order chi connectivity index (χ0) is 20.4. The van der Waals surface area contributed by atoms with Crippen LogP contribution in [0.5, 0.6) is 0 Å². The van der Waals surface area contributed by atoms with E-state index in [2.05, 4.69) is 10.6 Å². The highest BCUT2D eigenvalue weighted by molar-refractivity contribution is 6.39. The first-order valence-corrected chi connectivity index (χ1v) is 9.79. The van der Waals surface area contributed by atoms with Gasteiger partial charge in [-0.1, -0.05) is 18.2 Å². The lowest BCUT2D eigenvalue weighted by atomic mass is 10.0. The maximum atomic E-state index is 12.9. The van der Waals surface area contributed by atoms with Crippen LogP contribution in [0.25, 0.3) is 0 Å². The molecule has 150 valence electrons. The minimum absolute atomic E-state index is 0.122. The van der Waals surface area contributed by atoms with Crippen LogP contribution in [-0.4, -0.2) is 24.3 Å². The van der Waals surface area contributed by atoms with E-state index in [1.807, 2.05) is 6.07 Å². The number of amides is 3. The molecule has 0 bridgehead atoms. The monoisotopic (exact) mass is 395 g/mol. The summed E-state index contributed by atoms with van der Waals surface area (Å²) in [7, 11) is 0. The average Bonchev–Trinajstić information content (AvgIpc) is 3.57. The van der Waals surface area contributed by atoms with E-state index in [0.717, 1.165) is 36.9 Å². The summed E-state index contributed by atoms with van der Waals surface area (Å²) in [4.78, 5) is 38.7. The fraction of sp³-hybridized carbons (Fsp3) is 0.318. The first kappa shape index (κ1) is 19.1. The van der Waals surface area contributed by atoms with Crippen LogP contribution in [0.15, 0.2) is 42.5 Å². The van der Waals surface area contributed by atoms with Gasteiger partial charge in [-0.05, 0) is 61.1 Å². The van der Waals surface area contributed by atoms with Crippen molar-refractivity contribution in [1.29, 1.82) is 0 Å². The summed E-state index contributed by atoms with van der Waals surface area (Å²) < 4.78 is 12.9. The Hall–Kier alpha value is -3.22. The average molecular weight is 395 g/mol. The molecular formula is C22H22FN3O3. The molecule has 0 atom stereocenters. The van der Waals surface area contributed by atoms with E-state index in [1.54, 1.807) is 29.2 Å². The second kappa shape index (κ2) is 8.03. The van der Waals surface area contributed by atoms with Crippen LogP contribution >= 0.6 is 0 Å². The third kappa shape index (κ3) is 4.45. The number of nitrogens with zero attached hydrogens (tertiary/aromatic N) is 1. The first-order chi connectivity index (χ1) is 14.0. The Balaban J connectivity index is 1.40. The number of fused-ring (bicyclic) bond motifs is 1. The van der Waals surface area contributed by atoms with Crippen molar-refractivity contribution in [2.75, 3.05) is 16.8 Å². The molecule has 1 saturated carbocycles. The Labute approximate surface area is 168 Å². The van der Waals surface area contributed by atoms with Gasteiger partial charge in [-0.15, -0.1) is 0 Å². The molecule has 1 aliphatic carbocycles. The van der Waals surface area contributed by atoms with Gasteiger partial charge in [0, 0.05) is 30.4 Å². The minimum Gasteiger partial charge on any atom is -0.344 e. The van der Waals surface area contributed by atoms with Gasteiger partial charge in [-0.25, -0.2) is 4.39 Å². The molecule has 2 aliphatic rings. The summed E-state index contributed by atoms with van der Waals surface area (Å²) in [6.45, 7) is 0.804. The molecule has 0 aromatic heterocycles. The van der Waals surface area contributed by atoms with Gasteiger partial charge in [0.2, 0.25) is 5.91 Å². The van der Waals surface area contributed by atoms with E-state index in [1.165, 1.54) is 12.1 Å². The highest BCUT2D eigenvalue weighted by Gasteiger charge is 2.35. The maximum absolute atomic E-state index is 12.9. The maximum Gasteiger partial charge on any atom is 0.313 e. The molecule has 29 heavy (non-hydrogen) atoms. The summed E-state index contributed by atoms with van der Waals surface area (Å²) in [5.74, 6) is -1.66. The molecule has 7 heteroatoms. The molecule has 0 saturated heterocycles. The summed E-state index contributed by atoms with van der Waals surface area (Å²) >= 11 is 0. The highest BCUT2D eigenvalue weighted by Crippen LogP contribution is 2.36. The molecule has 2 aromatic rings. The number of rotatable bonds is 4. The van der Waals surface area contributed by atoms with Crippen molar-refractivity contribution >= 4 is 29.1 Å². The number of hydrogen-bond acceptors (Lipinski definition) is 3. The van der Waals surface area contributed by atoms with Crippen molar-refractivity contribution < 1.29 is 18.8 Å². The number of halogens is 1. The minimum atomic E-state index is -0.789. The summed E-state index contributed by atoms with van der Waals surface area (Å²) in [6, 6.07) is 11.1. The van der Waals surface area contributed by atoms with E-state index in [-0.39, 0.29) is 24.2 Å². The topological polar surface area (TPSA) is 78.5 Å². The zero-order valence-corrected chi connectivity index (χ0v) is 15.9. The van der Waals surface area contributed by atoms with E-state index >= 15 is 0 Å². The number of benzene rings is 2. The lowest BCUT2D eigenvalue weighted by molar-refractivity contribution is -0.136. The Kier molecular flexibility index (Phi) is 5.29. The molecule has 3 amide bonds. The van der Waals surface area contributed by atoms with Crippen molar-refractivity contribution in [3.8, 4) is 0 Å². The van der Waals surface area contributed by atoms with Crippen molar-refractivity contribution in [3.05, 3.63) is 59.4 Å². The van der Waals surface area contributed by atoms with E-state index in [4.69, 9.17) is 0 Å². The van der Waals surface area contributed by atoms with Crippen LogP contribution in [0.4, 0.5) is 15.8 Å². The van der Waals surface area contributed by atoms with Crippen molar-refractivity contribution in [3.63, 3.8) is 0 Å². The molecule has 0 spiro atoms. The Morgan fingerprint density at radius 1 is 1.03 bits per heavy atom. The fourth-order valence-electron chi connectivity index (χ4n) is 3.48. The number of aryl methyl sites for hydroxylation is 1. The standard InChI is InChI=1S/C22H22FN3O3/c23-17-8-3-14(4-9-17)13-24-20(27)21(28)25-18-10-7-15-2-1-11-26(19(15)12-18)22(29)16-5-6-16/h3-4,7-10,12,16H,1-2,5-6,11,13H2,(H,24,27)(H,25,28). The van der Waals surface area contributed by atoms with Gasteiger partial charge in [0.15, 0.2) is 0 Å². The predicted octanol–water partition coefficient (Wildman–Crippen LogP) is 2.77. The fourth-order valence-corrected chi connectivity index (χ4v) is 3.48. The molecule has 1 aliphatic heterocycles. The quantitative estimate of drug-likeness (QED) is 0.782. The third-order valence-corrected chi connectivity index (χ3v) is 5.23. The normalized spacial score (nSPS) is 15.4. The first-order valence-electron chi connectivity index (χ1n) is 9.79. The molecule has 2 aromatic carbocycles. The number of anilines is 2. The molecule has 2 N–H and O–H groups in total. The van der Waals surface area contributed by atoms with Gasteiger partial charge in [-0.2, -0.15) is 0 Å². The molecule has 1 heterocycles. The van der Waals surface area contributed by atoms with Crippen LogP contribution < -0.4 is 15.5 Å². The van der Waals surface area contributed by atoms with Gasteiger partial charge < -0.3 is 15.5 Å². The molecule has 0 radical (unpaired) electrons. The molecule has 1 fully saturated rings. The number of carbonyl (C=O) groups is 3. The predicted molar refractivity (Wildman–Crippen MR) is 107 cm³/mol. The van der Waals surface area contributed by atoms with Crippen molar-refractivity contribution in [1.82, 2.24) is 5.32 Å². The second-order valence-electron chi connectivity index (χ2n) is 7.47. The van der Waals surface area contributed by atoms with Gasteiger partial charge in [0.1, 0.15) is 5.82 Å². The number of carbonyl (C=O) groups excluding carboxylic acids is 3. The third-order valence-electron chi connectivity index (χ3n) is 5.23. The smallest absolute Gasteiger partial charge is 0.313 e. The van der Waals surface area contributed by atoms with Gasteiger partial charge in [-0.3, -0.25) is 14.4 Å².